The second kappa shape index (κ2) is 1.88. The number of hydrogen-bond donors (Lipinski definition) is 2. The third-order valence-electron chi connectivity index (χ3n) is 1.71. The minimum Gasteiger partial charge on any atom is -0.337 e. The zero-order chi connectivity index (χ0) is 6.10. The summed E-state index contributed by atoms with van der Waals surface area (Å²) >= 11 is 0. The smallest absolute Gasteiger partial charge is 0.128 e. The van der Waals surface area contributed by atoms with E-state index in [9.17, 15) is 0 Å². The van der Waals surface area contributed by atoms with Gasteiger partial charge in [-0.1, -0.05) is 0 Å². The lowest BCUT2D eigenvalue weighted by atomic mass is 10.3. The lowest BCUT2D eigenvalue weighted by molar-refractivity contribution is 0.254. The zero-order valence-corrected chi connectivity index (χ0v) is 5.17. The first kappa shape index (κ1) is 5.05. The van der Waals surface area contributed by atoms with E-state index < -0.39 is 0 Å². The molecule has 1 saturated heterocycles. The Kier molecular flexibility index (Phi) is 1.05. The molecule has 0 spiro atoms. The fourth-order valence-electron chi connectivity index (χ4n) is 1.17. The molecule has 2 aliphatic rings. The predicted octanol–water partition coefficient (Wildman–Crippen LogP) is -1.24. The van der Waals surface area contributed by atoms with Crippen LogP contribution in [0.1, 0.15) is 0 Å². The Labute approximate surface area is 53.9 Å². The zero-order valence-electron chi connectivity index (χ0n) is 5.17. The number of rotatable bonds is 0. The van der Waals surface area contributed by atoms with Gasteiger partial charge >= 0.3 is 0 Å². The summed E-state index contributed by atoms with van der Waals surface area (Å²) in [6, 6.07) is 0. The monoisotopic (exact) mass is 126 g/mol. The van der Waals surface area contributed by atoms with Crippen molar-refractivity contribution in [2.24, 2.45) is 5.10 Å². The van der Waals surface area contributed by atoms with Crippen molar-refractivity contribution < 1.29 is 0 Å². The van der Waals surface area contributed by atoms with E-state index >= 15 is 0 Å². The molecule has 0 radical (unpaired) electrons. The van der Waals surface area contributed by atoms with Gasteiger partial charge in [0.05, 0.1) is 0 Å². The van der Waals surface area contributed by atoms with Crippen LogP contribution in [0.3, 0.4) is 0 Å². The van der Waals surface area contributed by atoms with Crippen molar-refractivity contribution in [3.05, 3.63) is 0 Å². The molecule has 0 amide bonds. The highest BCUT2D eigenvalue weighted by atomic mass is 15.5. The van der Waals surface area contributed by atoms with Gasteiger partial charge in [0, 0.05) is 19.6 Å². The topological polar surface area (TPSA) is 39.7 Å². The highest BCUT2D eigenvalue weighted by Crippen LogP contribution is 2.00. The van der Waals surface area contributed by atoms with Crippen LogP contribution in [0.4, 0.5) is 0 Å². The van der Waals surface area contributed by atoms with Crippen molar-refractivity contribution in [1.29, 1.82) is 0 Å². The molecule has 1 fully saturated rings. The molecule has 4 heteroatoms. The molecule has 0 aromatic heterocycles. The van der Waals surface area contributed by atoms with Gasteiger partial charge in [0.15, 0.2) is 0 Å². The average Bonchev–Trinajstić information content (AvgIpc) is 2.33. The molecular weight excluding hydrogens is 116 g/mol. The summed E-state index contributed by atoms with van der Waals surface area (Å²) in [5, 5.41) is 7.21. The Bertz CT molecular complexity index is 133. The molecule has 2 N–H and O–H groups in total. The van der Waals surface area contributed by atoms with Crippen molar-refractivity contribution in [1.82, 2.24) is 15.6 Å². The lowest BCUT2D eigenvalue weighted by Crippen LogP contribution is -2.52. The molecule has 2 heterocycles. The summed E-state index contributed by atoms with van der Waals surface area (Å²) in [5.74, 6) is 0. The number of fused-ring (bicyclic) bond motifs is 1. The van der Waals surface area contributed by atoms with Crippen LogP contribution in [0, 0.1) is 0 Å². The van der Waals surface area contributed by atoms with E-state index in [0.717, 1.165) is 19.6 Å². The third-order valence-corrected chi connectivity index (χ3v) is 1.71. The highest BCUT2D eigenvalue weighted by molar-refractivity contribution is 5.57. The summed E-state index contributed by atoms with van der Waals surface area (Å²) in [7, 11) is 0. The maximum absolute atomic E-state index is 3.94. The van der Waals surface area contributed by atoms with Gasteiger partial charge in [-0.2, -0.15) is 5.10 Å². The summed E-state index contributed by atoms with van der Waals surface area (Å²) < 4.78 is 0. The van der Waals surface area contributed by atoms with E-state index in [1.54, 1.807) is 0 Å². The fourth-order valence-corrected chi connectivity index (χ4v) is 1.17. The van der Waals surface area contributed by atoms with Gasteiger partial charge in [0.1, 0.15) is 12.5 Å². The molecule has 50 valence electrons. The van der Waals surface area contributed by atoms with Crippen LogP contribution in [0.25, 0.3) is 0 Å². The second-order valence-electron chi connectivity index (χ2n) is 2.33. The van der Waals surface area contributed by atoms with Gasteiger partial charge in [-0.25, -0.2) is 0 Å². The van der Waals surface area contributed by atoms with Crippen LogP contribution in [-0.2, 0) is 0 Å². The van der Waals surface area contributed by atoms with E-state index in [1.807, 2.05) is 6.34 Å². The van der Waals surface area contributed by atoms with Crippen LogP contribution in [0.2, 0.25) is 0 Å². The van der Waals surface area contributed by atoms with Crippen molar-refractivity contribution in [2.75, 3.05) is 19.6 Å². The van der Waals surface area contributed by atoms with Crippen molar-refractivity contribution in [2.45, 2.75) is 6.17 Å². The summed E-state index contributed by atoms with van der Waals surface area (Å²) in [6.07, 6.45) is 2.28. The van der Waals surface area contributed by atoms with Gasteiger partial charge in [-0.3, -0.25) is 5.43 Å². The van der Waals surface area contributed by atoms with Crippen LogP contribution in [0.15, 0.2) is 5.10 Å². The summed E-state index contributed by atoms with van der Waals surface area (Å²) in [5.41, 5.74) is 2.99. The van der Waals surface area contributed by atoms with Gasteiger partial charge in [-0.15, -0.1) is 0 Å². The van der Waals surface area contributed by atoms with Crippen LogP contribution < -0.4 is 10.7 Å². The molecule has 0 saturated carbocycles. The number of hydrazone groups is 1. The largest absolute Gasteiger partial charge is 0.337 e. The maximum Gasteiger partial charge on any atom is 0.128 e. The van der Waals surface area contributed by atoms with E-state index in [4.69, 9.17) is 0 Å². The summed E-state index contributed by atoms with van der Waals surface area (Å²) in [4.78, 5) is 2.20. The van der Waals surface area contributed by atoms with E-state index in [2.05, 4.69) is 20.7 Å². The van der Waals surface area contributed by atoms with Crippen LogP contribution in [0.5, 0.6) is 0 Å². The van der Waals surface area contributed by atoms with Gasteiger partial charge in [-0.05, 0) is 0 Å². The number of piperazine rings is 1. The lowest BCUT2D eigenvalue weighted by Gasteiger charge is -2.28. The molecule has 0 aromatic rings. The number of hydrogen-bond acceptors (Lipinski definition) is 4. The number of nitrogens with one attached hydrogen (secondary N) is 2. The molecule has 4 nitrogen and oxygen atoms in total. The van der Waals surface area contributed by atoms with Crippen molar-refractivity contribution >= 4 is 6.34 Å². The normalized spacial score (nSPS) is 32.0. The maximum atomic E-state index is 3.94. The predicted molar refractivity (Wildman–Crippen MR) is 35.0 cm³/mol. The van der Waals surface area contributed by atoms with Crippen molar-refractivity contribution in [3.8, 4) is 0 Å². The quantitative estimate of drug-likeness (QED) is 0.426. The third kappa shape index (κ3) is 0.751. The SMILES string of the molecule is C1=NNC2CNCCN12. The first-order valence-electron chi connectivity index (χ1n) is 3.22. The molecule has 0 bridgehead atoms. The van der Waals surface area contributed by atoms with Gasteiger partial charge in [0.2, 0.25) is 0 Å². The average molecular weight is 126 g/mol. The van der Waals surface area contributed by atoms with E-state index in [1.165, 1.54) is 0 Å². The van der Waals surface area contributed by atoms with E-state index in [-0.39, 0.29) is 0 Å². The molecule has 1 unspecified atom stereocenters. The van der Waals surface area contributed by atoms with Crippen LogP contribution in [-0.4, -0.2) is 37.0 Å². The molecule has 2 aliphatic heterocycles. The highest BCUT2D eigenvalue weighted by Gasteiger charge is 2.21. The first-order valence-corrected chi connectivity index (χ1v) is 3.22. The Morgan fingerprint density at radius 2 is 2.67 bits per heavy atom. The Balaban J connectivity index is 2.03. The fraction of sp³-hybridized carbons (Fsp3) is 0.800. The minimum absolute atomic E-state index is 0.416. The van der Waals surface area contributed by atoms with Crippen LogP contribution >= 0.6 is 0 Å². The Morgan fingerprint density at radius 3 is 3.56 bits per heavy atom. The Morgan fingerprint density at radius 1 is 1.67 bits per heavy atom. The molecule has 0 aromatic carbocycles. The second-order valence-corrected chi connectivity index (χ2v) is 2.33. The van der Waals surface area contributed by atoms with Crippen molar-refractivity contribution in [3.63, 3.8) is 0 Å². The Hall–Kier alpha value is -0.770. The molecule has 0 aliphatic carbocycles. The van der Waals surface area contributed by atoms with Gasteiger partial charge < -0.3 is 10.2 Å². The molecule has 9 heavy (non-hydrogen) atoms. The first-order chi connectivity index (χ1) is 4.47. The molecule has 2 rings (SSSR count). The van der Waals surface area contributed by atoms with E-state index in [0.29, 0.717) is 6.17 Å². The molecule has 1 atom stereocenters. The minimum atomic E-state index is 0.416. The standard InChI is InChI=1S/C5H10N4/c1-2-9-4-7-8-5(9)3-6-1/h4-6,8H,1-3H2. The number of nitrogens with zero attached hydrogens (tertiary/aromatic N) is 2. The molecular formula is C5H10N4. The van der Waals surface area contributed by atoms with Gasteiger partial charge in [0.25, 0.3) is 0 Å². The summed E-state index contributed by atoms with van der Waals surface area (Å²) in [6.45, 7) is 3.14.